The lowest BCUT2D eigenvalue weighted by atomic mass is 9.90. The molecule has 0 bridgehead atoms. The number of nitrogens with one attached hydrogen (secondary N) is 1. The Kier molecular flexibility index (Phi) is 4.62. The molecular formula is C13H26N2O. The molecule has 3 nitrogen and oxygen atoms in total. The molecule has 2 rings (SSSR count). The van der Waals surface area contributed by atoms with E-state index in [0.29, 0.717) is 0 Å². The molecule has 1 heterocycles. The van der Waals surface area contributed by atoms with Crippen molar-refractivity contribution in [2.45, 2.75) is 44.2 Å². The minimum atomic E-state index is 0.738. The van der Waals surface area contributed by atoms with E-state index in [2.05, 4.69) is 24.3 Å². The lowest BCUT2D eigenvalue weighted by Gasteiger charge is -2.34. The summed E-state index contributed by atoms with van der Waals surface area (Å²) < 4.78 is 5.41. The van der Waals surface area contributed by atoms with Gasteiger partial charge < -0.3 is 15.0 Å². The first-order chi connectivity index (χ1) is 7.75. The van der Waals surface area contributed by atoms with Crippen LogP contribution in [0.5, 0.6) is 0 Å². The van der Waals surface area contributed by atoms with E-state index in [9.17, 15) is 0 Å². The van der Waals surface area contributed by atoms with Gasteiger partial charge in [0.25, 0.3) is 0 Å². The van der Waals surface area contributed by atoms with Crippen LogP contribution >= 0.6 is 0 Å². The van der Waals surface area contributed by atoms with E-state index in [1.165, 1.54) is 32.1 Å². The van der Waals surface area contributed by atoms with Crippen LogP contribution in [0.25, 0.3) is 0 Å². The molecule has 3 atom stereocenters. The molecule has 1 aliphatic heterocycles. The summed E-state index contributed by atoms with van der Waals surface area (Å²) in [5.74, 6) is 0.764. The van der Waals surface area contributed by atoms with Gasteiger partial charge in [0.15, 0.2) is 0 Å². The highest BCUT2D eigenvalue weighted by atomic mass is 16.5. The Morgan fingerprint density at radius 3 is 2.81 bits per heavy atom. The summed E-state index contributed by atoms with van der Waals surface area (Å²) in [7, 11) is 4.41. The Morgan fingerprint density at radius 2 is 2.12 bits per heavy atom. The van der Waals surface area contributed by atoms with Crippen molar-refractivity contribution in [1.82, 2.24) is 10.2 Å². The van der Waals surface area contributed by atoms with Gasteiger partial charge in [-0.05, 0) is 45.7 Å². The number of nitrogens with zero attached hydrogens (tertiary/aromatic N) is 1. The Labute approximate surface area is 99.5 Å². The highest BCUT2D eigenvalue weighted by Gasteiger charge is 2.24. The molecule has 1 saturated carbocycles. The van der Waals surface area contributed by atoms with Gasteiger partial charge in [0.2, 0.25) is 0 Å². The van der Waals surface area contributed by atoms with Crippen LogP contribution in [-0.4, -0.2) is 50.8 Å². The van der Waals surface area contributed by atoms with Gasteiger partial charge in [-0.3, -0.25) is 0 Å². The van der Waals surface area contributed by atoms with Gasteiger partial charge in [-0.15, -0.1) is 0 Å². The normalized spacial score (nSPS) is 35.8. The summed E-state index contributed by atoms with van der Waals surface area (Å²) in [4.78, 5) is 2.38. The summed E-state index contributed by atoms with van der Waals surface area (Å²) in [5.41, 5.74) is 0. The Hall–Kier alpha value is -0.120. The first kappa shape index (κ1) is 12.3. The van der Waals surface area contributed by atoms with E-state index in [0.717, 1.165) is 37.8 Å². The fraction of sp³-hybridized carbons (Fsp3) is 1.00. The third-order valence-electron chi connectivity index (χ3n) is 4.10. The number of hydrogen-bond acceptors (Lipinski definition) is 3. The molecule has 0 spiro atoms. The lowest BCUT2D eigenvalue weighted by molar-refractivity contribution is 0.177. The average molecular weight is 226 g/mol. The van der Waals surface area contributed by atoms with Gasteiger partial charge in [-0.25, -0.2) is 0 Å². The fourth-order valence-electron chi connectivity index (χ4n) is 2.90. The predicted molar refractivity (Wildman–Crippen MR) is 66.7 cm³/mol. The predicted octanol–water partition coefficient (Wildman–Crippen LogP) is 1.49. The van der Waals surface area contributed by atoms with Gasteiger partial charge >= 0.3 is 0 Å². The fourth-order valence-corrected chi connectivity index (χ4v) is 2.90. The van der Waals surface area contributed by atoms with Crippen LogP contribution in [0.3, 0.4) is 0 Å². The zero-order chi connectivity index (χ0) is 11.4. The molecule has 0 aromatic carbocycles. The largest absolute Gasteiger partial charge is 0.381 e. The van der Waals surface area contributed by atoms with Crippen molar-refractivity contribution in [2.75, 3.05) is 33.9 Å². The Bertz CT molecular complexity index is 202. The second kappa shape index (κ2) is 5.99. The van der Waals surface area contributed by atoms with Crippen molar-refractivity contribution < 1.29 is 4.74 Å². The summed E-state index contributed by atoms with van der Waals surface area (Å²) in [6, 6.07) is 1.52. The minimum absolute atomic E-state index is 0.738. The number of rotatable bonds is 4. The van der Waals surface area contributed by atoms with Crippen LogP contribution in [0.15, 0.2) is 0 Å². The van der Waals surface area contributed by atoms with Crippen LogP contribution in [0, 0.1) is 5.92 Å². The highest BCUT2D eigenvalue weighted by Crippen LogP contribution is 2.22. The molecular weight excluding hydrogens is 200 g/mol. The summed E-state index contributed by atoms with van der Waals surface area (Å²) in [6.07, 6.45) is 6.68. The topological polar surface area (TPSA) is 24.5 Å². The average Bonchev–Trinajstić information content (AvgIpc) is 2.79. The molecule has 2 aliphatic rings. The quantitative estimate of drug-likeness (QED) is 0.786. The highest BCUT2D eigenvalue weighted by molar-refractivity contribution is 4.82. The van der Waals surface area contributed by atoms with Crippen LogP contribution in [0.2, 0.25) is 0 Å². The van der Waals surface area contributed by atoms with Crippen LogP contribution in [0.1, 0.15) is 32.1 Å². The third kappa shape index (κ3) is 3.44. The monoisotopic (exact) mass is 226 g/mol. The van der Waals surface area contributed by atoms with Crippen LogP contribution in [-0.2, 0) is 4.74 Å². The molecule has 0 radical (unpaired) electrons. The lowest BCUT2D eigenvalue weighted by Crippen LogP contribution is -2.43. The molecule has 94 valence electrons. The summed E-state index contributed by atoms with van der Waals surface area (Å²) in [6.45, 7) is 3.10. The molecule has 1 aliphatic carbocycles. The molecule has 2 fully saturated rings. The van der Waals surface area contributed by atoms with Gasteiger partial charge in [0.1, 0.15) is 0 Å². The molecule has 0 amide bonds. The molecule has 16 heavy (non-hydrogen) atoms. The Balaban J connectivity index is 1.68. The molecule has 1 saturated heterocycles. The maximum Gasteiger partial charge on any atom is 0.0507 e. The number of ether oxygens (including phenoxy) is 1. The van der Waals surface area contributed by atoms with Gasteiger partial charge in [-0.1, -0.05) is 6.42 Å². The first-order valence-electron chi connectivity index (χ1n) is 6.73. The van der Waals surface area contributed by atoms with Crippen molar-refractivity contribution in [3.8, 4) is 0 Å². The maximum atomic E-state index is 5.41. The maximum absolute atomic E-state index is 5.41. The number of hydrogen-bond donors (Lipinski definition) is 1. The van der Waals surface area contributed by atoms with Crippen LogP contribution < -0.4 is 5.32 Å². The zero-order valence-electron chi connectivity index (χ0n) is 10.7. The summed E-state index contributed by atoms with van der Waals surface area (Å²) >= 11 is 0. The second-order valence-corrected chi connectivity index (χ2v) is 5.62. The van der Waals surface area contributed by atoms with E-state index in [1.807, 2.05) is 0 Å². The minimum Gasteiger partial charge on any atom is -0.381 e. The van der Waals surface area contributed by atoms with E-state index >= 15 is 0 Å². The van der Waals surface area contributed by atoms with Crippen molar-refractivity contribution in [3.63, 3.8) is 0 Å². The van der Waals surface area contributed by atoms with E-state index in [-0.39, 0.29) is 0 Å². The molecule has 3 unspecified atom stereocenters. The second-order valence-electron chi connectivity index (χ2n) is 5.62. The molecule has 1 N–H and O–H groups in total. The SMILES string of the molecule is CN(C)C1CCCC(NCC2CCOC2)C1. The van der Waals surface area contributed by atoms with Crippen LogP contribution in [0.4, 0.5) is 0 Å². The van der Waals surface area contributed by atoms with Crippen molar-refractivity contribution >= 4 is 0 Å². The van der Waals surface area contributed by atoms with E-state index in [4.69, 9.17) is 4.74 Å². The van der Waals surface area contributed by atoms with Crippen molar-refractivity contribution in [1.29, 1.82) is 0 Å². The third-order valence-corrected chi connectivity index (χ3v) is 4.10. The first-order valence-corrected chi connectivity index (χ1v) is 6.73. The molecule has 0 aromatic rings. The van der Waals surface area contributed by atoms with E-state index < -0.39 is 0 Å². The van der Waals surface area contributed by atoms with Crippen molar-refractivity contribution in [3.05, 3.63) is 0 Å². The smallest absolute Gasteiger partial charge is 0.0507 e. The molecule has 3 heteroatoms. The zero-order valence-corrected chi connectivity index (χ0v) is 10.7. The Morgan fingerprint density at radius 1 is 1.25 bits per heavy atom. The van der Waals surface area contributed by atoms with Gasteiger partial charge in [0, 0.05) is 25.2 Å². The summed E-state index contributed by atoms with van der Waals surface area (Å²) in [5, 5.41) is 3.74. The van der Waals surface area contributed by atoms with Gasteiger partial charge in [-0.2, -0.15) is 0 Å². The van der Waals surface area contributed by atoms with Crippen molar-refractivity contribution in [2.24, 2.45) is 5.92 Å². The molecule has 0 aromatic heterocycles. The van der Waals surface area contributed by atoms with Gasteiger partial charge in [0.05, 0.1) is 6.61 Å². The van der Waals surface area contributed by atoms with E-state index in [1.54, 1.807) is 0 Å². The standard InChI is InChI=1S/C13H26N2O/c1-15(2)13-5-3-4-12(8-13)14-9-11-6-7-16-10-11/h11-14H,3-10H2,1-2H3.